The highest BCUT2D eigenvalue weighted by Crippen LogP contribution is 2.15. The Hall–Kier alpha value is -1.60. The molecule has 3 atom stereocenters. The van der Waals surface area contributed by atoms with Crippen LogP contribution in [0, 0.1) is 5.92 Å². The third kappa shape index (κ3) is 7.31. The standard InChI is InChI=1S/C17H33N3O4/c1-10-12(2)13(3)19(7)14(15(21)20(8)23-9)11-18-16(22)24-17(4,5)6/h10,12-14H,1,11H2,2-9H3,(H,18,22). The number of amides is 2. The maximum absolute atomic E-state index is 12.6. The van der Waals surface area contributed by atoms with Gasteiger partial charge < -0.3 is 10.1 Å². The second-order valence-electron chi connectivity index (χ2n) is 6.92. The molecule has 0 heterocycles. The SMILES string of the molecule is C=CC(C)C(C)N(C)C(CNC(=O)OC(C)(C)C)C(=O)N(C)OC. The van der Waals surface area contributed by atoms with Crippen LogP contribution < -0.4 is 5.32 Å². The Morgan fingerprint density at radius 3 is 2.21 bits per heavy atom. The average molecular weight is 343 g/mol. The molecule has 0 aliphatic carbocycles. The minimum atomic E-state index is -0.594. The summed E-state index contributed by atoms with van der Waals surface area (Å²) in [7, 11) is 4.80. The fourth-order valence-electron chi connectivity index (χ4n) is 2.05. The number of hydrogen-bond acceptors (Lipinski definition) is 5. The van der Waals surface area contributed by atoms with Gasteiger partial charge in [0.25, 0.3) is 5.91 Å². The fourth-order valence-corrected chi connectivity index (χ4v) is 2.05. The van der Waals surface area contributed by atoms with Crippen molar-refractivity contribution in [3.05, 3.63) is 12.7 Å². The van der Waals surface area contributed by atoms with Gasteiger partial charge in [-0.2, -0.15) is 0 Å². The van der Waals surface area contributed by atoms with E-state index in [0.29, 0.717) is 0 Å². The normalized spacial score (nSPS) is 15.4. The molecule has 7 heteroatoms. The Labute approximate surface area is 145 Å². The number of nitrogens with one attached hydrogen (secondary N) is 1. The predicted octanol–water partition coefficient (Wildman–Crippen LogP) is 2.04. The highest BCUT2D eigenvalue weighted by Gasteiger charge is 2.31. The summed E-state index contributed by atoms with van der Waals surface area (Å²) in [6.45, 7) is 13.3. The smallest absolute Gasteiger partial charge is 0.407 e. The first-order chi connectivity index (χ1) is 10.9. The van der Waals surface area contributed by atoms with Gasteiger partial charge in [-0.25, -0.2) is 9.86 Å². The van der Waals surface area contributed by atoms with E-state index in [4.69, 9.17) is 9.57 Å². The molecule has 2 amide bonds. The van der Waals surface area contributed by atoms with Crippen molar-refractivity contribution < 1.29 is 19.2 Å². The zero-order chi connectivity index (χ0) is 19.1. The lowest BCUT2D eigenvalue weighted by Gasteiger charge is -2.36. The van der Waals surface area contributed by atoms with Gasteiger partial charge in [-0.3, -0.25) is 14.5 Å². The number of nitrogens with zero attached hydrogens (tertiary/aromatic N) is 2. The first-order valence-corrected chi connectivity index (χ1v) is 8.07. The molecular weight excluding hydrogens is 310 g/mol. The lowest BCUT2D eigenvalue weighted by atomic mass is 10.0. The first kappa shape index (κ1) is 22.4. The molecule has 0 saturated carbocycles. The van der Waals surface area contributed by atoms with Crippen molar-refractivity contribution in [1.82, 2.24) is 15.3 Å². The Morgan fingerprint density at radius 1 is 1.25 bits per heavy atom. The summed E-state index contributed by atoms with van der Waals surface area (Å²) in [6.07, 6.45) is 1.28. The largest absolute Gasteiger partial charge is 0.444 e. The number of rotatable bonds is 8. The van der Waals surface area contributed by atoms with Crippen molar-refractivity contribution in [2.24, 2.45) is 5.92 Å². The van der Waals surface area contributed by atoms with Gasteiger partial charge in [0.2, 0.25) is 0 Å². The van der Waals surface area contributed by atoms with Gasteiger partial charge in [0, 0.05) is 19.6 Å². The van der Waals surface area contributed by atoms with Crippen LogP contribution in [0.2, 0.25) is 0 Å². The van der Waals surface area contributed by atoms with E-state index in [2.05, 4.69) is 11.9 Å². The van der Waals surface area contributed by atoms with Crippen LogP contribution in [-0.2, 0) is 14.4 Å². The Bertz CT molecular complexity index is 434. The summed E-state index contributed by atoms with van der Waals surface area (Å²) in [5, 5.41) is 3.82. The van der Waals surface area contributed by atoms with E-state index in [9.17, 15) is 9.59 Å². The van der Waals surface area contributed by atoms with Crippen molar-refractivity contribution in [1.29, 1.82) is 0 Å². The Balaban J connectivity index is 5.10. The van der Waals surface area contributed by atoms with E-state index in [1.54, 1.807) is 20.8 Å². The zero-order valence-electron chi connectivity index (χ0n) is 16.3. The van der Waals surface area contributed by atoms with E-state index in [1.807, 2.05) is 31.9 Å². The number of carbonyl (C=O) groups excluding carboxylic acids is 2. The third-order valence-corrected chi connectivity index (χ3v) is 3.97. The number of likely N-dealkylation sites (N-methyl/N-ethyl adjacent to an activating group) is 2. The molecule has 1 N–H and O–H groups in total. The highest BCUT2D eigenvalue weighted by molar-refractivity contribution is 5.81. The number of hydroxylamine groups is 2. The molecule has 0 saturated heterocycles. The van der Waals surface area contributed by atoms with Crippen LogP contribution in [0.1, 0.15) is 34.6 Å². The predicted molar refractivity (Wildman–Crippen MR) is 94.4 cm³/mol. The molecular formula is C17H33N3O4. The van der Waals surface area contributed by atoms with Gasteiger partial charge >= 0.3 is 6.09 Å². The van der Waals surface area contributed by atoms with Gasteiger partial charge in [-0.05, 0) is 40.7 Å². The quantitative estimate of drug-likeness (QED) is 0.539. The molecule has 0 spiro atoms. The van der Waals surface area contributed by atoms with Gasteiger partial charge in [-0.15, -0.1) is 6.58 Å². The van der Waals surface area contributed by atoms with Crippen molar-refractivity contribution in [2.45, 2.75) is 52.3 Å². The van der Waals surface area contributed by atoms with Gasteiger partial charge in [0.05, 0.1) is 7.11 Å². The van der Waals surface area contributed by atoms with Crippen LogP contribution >= 0.6 is 0 Å². The second-order valence-corrected chi connectivity index (χ2v) is 6.92. The molecule has 7 nitrogen and oxygen atoms in total. The molecule has 0 bridgehead atoms. The highest BCUT2D eigenvalue weighted by atomic mass is 16.7. The summed E-state index contributed by atoms with van der Waals surface area (Å²) in [6, 6.07) is -0.526. The molecule has 0 aliphatic rings. The summed E-state index contributed by atoms with van der Waals surface area (Å²) in [5.41, 5.74) is -0.594. The topological polar surface area (TPSA) is 71.1 Å². The summed E-state index contributed by atoms with van der Waals surface area (Å²) >= 11 is 0. The molecule has 0 fully saturated rings. The van der Waals surface area contributed by atoms with Gasteiger partial charge in [-0.1, -0.05) is 13.0 Å². The van der Waals surface area contributed by atoms with Crippen LogP contribution in [0.25, 0.3) is 0 Å². The summed E-state index contributed by atoms with van der Waals surface area (Å²) < 4.78 is 5.22. The molecule has 140 valence electrons. The van der Waals surface area contributed by atoms with E-state index < -0.39 is 17.7 Å². The lowest BCUT2D eigenvalue weighted by molar-refractivity contribution is -0.174. The molecule has 0 aromatic rings. The molecule has 0 rings (SSSR count). The maximum Gasteiger partial charge on any atom is 0.407 e. The maximum atomic E-state index is 12.6. The van der Waals surface area contributed by atoms with Crippen molar-refractivity contribution in [3.63, 3.8) is 0 Å². The molecule has 0 radical (unpaired) electrons. The molecule has 0 aliphatic heterocycles. The van der Waals surface area contributed by atoms with Crippen LogP contribution in [0.5, 0.6) is 0 Å². The summed E-state index contributed by atoms with van der Waals surface area (Å²) in [4.78, 5) is 31.3. The van der Waals surface area contributed by atoms with Crippen molar-refractivity contribution in [2.75, 3.05) is 27.7 Å². The van der Waals surface area contributed by atoms with Crippen LogP contribution in [0.3, 0.4) is 0 Å². The van der Waals surface area contributed by atoms with E-state index in [0.717, 1.165) is 5.06 Å². The minimum absolute atomic E-state index is 0.0575. The molecule has 3 unspecified atom stereocenters. The molecule has 24 heavy (non-hydrogen) atoms. The van der Waals surface area contributed by atoms with Gasteiger partial charge in [0.1, 0.15) is 11.6 Å². The molecule has 0 aromatic carbocycles. The molecule has 0 aromatic heterocycles. The average Bonchev–Trinajstić information content (AvgIpc) is 2.50. The minimum Gasteiger partial charge on any atom is -0.444 e. The van der Waals surface area contributed by atoms with Crippen LogP contribution in [-0.4, -0.2) is 67.4 Å². The lowest BCUT2D eigenvalue weighted by Crippen LogP contribution is -2.55. The van der Waals surface area contributed by atoms with Crippen molar-refractivity contribution in [3.8, 4) is 0 Å². The van der Waals surface area contributed by atoms with Crippen molar-refractivity contribution >= 4 is 12.0 Å². The first-order valence-electron chi connectivity index (χ1n) is 8.07. The van der Waals surface area contributed by atoms with Crippen LogP contribution in [0.15, 0.2) is 12.7 Å². The Kier molecular flexibility index (Phi) is 8.99. The van der Waals surface area contributed by atoms with E-state index in [-0.39, 0.29) is 24.4 Å². The third-order valence-electron chi connectivity index (χ3n) is 3.97. The number of ether oxygens (including phenoxy) is 1. The monoisotopic (exact) mass is 343 g/mol. The zero-order valence-corrected chi connectivity index (χ0v) is 16.3. The summed E-state index contributed by atoms with van der Waals surface area (Å²) in [5.74, 6) is -0.0705. The second kappa shape index (κ2) is 9.64. The number of carbonyl (C=O) groups is 2. The number of alkyl carbamates (subject to hydrolysis) is 1. The number of hydrogen-bond donors (Lipinski definition) is 1. The Morgan fingerprint density at radius 2 is 1.79 bits per heavy atom. The fraction of sp³-hybridized carbons (Fsp3) is 0.765. The van der Waals surface area contributed by atoms with E-state index >= 15 is 0 Å². The van der Waals surface area contributed by atoms with Crippen LogP contribution in [0.4, 0.5) is 4.79 Å². The van der Waals surface area contributed by atoms with E-state index in [1.165, 1.54) is 14.2 Å². The van der Waals surface area contributed by atoms with Gasteiger partial charge in [0.15, 0.2) is 0 Å².